The van der Waals surface area contributed by atoms with Crippen LogP contribution in [0.25, 0.3) is 0 Å². The molecule has 0 aliphatic heterocycles. The lowest BCUT2D eigenvalue weighted by Crippen LogP contribution is -2.14. The molecule has 1 aromatic carbocycles. The zero-order valence-corrected chi connectivity index (χ0v) is 12.7. The van der Waals surface area contributed by atoms with Gasteiger partial charge in [-0.2, -0.15) is 0 Å². The van der Waals surface area contributed by atoms with Crippen LogP contribution < -0.4 is 10.1 Å². The molecule has 112 valence electrons. The maximum Gasteiger partial charge on any atom is 0.141 e. The molecule has 21 heavy (non-hydrogen) atoms. The first kappa shape index (κ1) is 15.7. The summed E-state index contributed by atoms with van der Waals surface area (Å²) in [6, 6.07) is 8.35. The Morgan fingerprint density at radius 2 is 2.14 bits per heavy atom. The highest BCUT2D eigenvalue weighted by Gasteiger charge is 2.02. The Balaban J connectivity index is 1.86. The molecule has 1 heterocycles. The van der Waals surface area contributed by atoms with Crippen molar-refractivity contribution in [2.75, 3.05) is 6.54 Å². The summed E-state index contributed by atoms with van der Waals surface area (Å²) < 4.78 is 18.6. The van der Waals surface area contributed by atoms with Crippen molar-refractivity contribution in [1.29, 1.82) is 0 Å². The first-order chi connectivity index (χ1) is 10.2. The number of hydrogen-bond acceptors (Lipinski definition) is 3. The number of benzene rings is 1. The van der Waals surface area contributed by atoms with E-state index in [0.717, 1.165) is 30.8 Å². The molecule has 0 amide bonds. The third-order valence-electron chi connectivity index (χ3n) is 2.92. The van der Waals surface area contributed by atoms with Gasteiger partial charge < -0.3 is 10.1 Å². The van der Waals surface area contributed by atoms with Gasteiger partial charge in [-0.25, -0.2) is 4.39 Å². The molecule has 0 saturated carbocycles. The molecule has 2 rings (SSSR count). The quantitative estimate of drug-likeness (QED) is 0.786. The van der Waals surface area contributed by atoms with Crippen molar-refractivity contribution in [3.63, 3.8) is 0 Å². The molecule has 1 aromatic heterocycles. The van der Waals surface area contributed by atoms with E-state index in [-0.39, 0.29) is 5.02 Å². The maximum atomic E-state index is 13.0. The number of nitrogens with zero attached hydrogens (tertiary/aromatic N) is 1. The molecule has 5 heteroatoms. The Hall–Kier alpha value is -1.65. The number of ether oxygens (including phenoxy) is 1. The van der Waals surface area contributed by atoms with Gasteiger partial charge in [0, 0.05) is 6.54 Å². The molecule has 0 fully saturated rings. The van der Waals surface area contributed by atoms with Crippen LogP contribution in [0, 0.1) is 5.82 Å². The van der Waals surface area contributed by atoms with Crippen molar-refractivity contribution in [2.45, 2.75) is 26.5 Å². The Morgan fingerprint density at radius 1 is 1.29 bits per heavy atom. The number of halogens is 2. The zero-order valence-electron chi connectivity index (χ0n) is 11.9. The molecule has 0 radical (unpaired) electrons. The van der Waals surface area contributed by atoms with E-state index in [1.165, 1.54) is 6.07 Å². The van der Waals surface area contributed by atoms with Gasteiger partial charge in [0.05, 0.1) is 16.9 Å². The molecule has 1 N–H and O–H groups in total. The van der Waals surface area contributed by atoms with Crippen molar-refractivity contribution in [3.8, 4) is 5.75 Å². The third kappa shape index (κ3) is 4.99. The van der Waals surface area contributed by atoms with Gasteiger partial charge >= 0.3 is 0 Å². The van der Waals surface area contributed by atoms with E-state index in [2.05, 4.69) is 17.2 Å². The fourth-order valence-electron chi connectivity index (χ4n) is 1.79. The molecule has 3 nitrogen and oxygen atoms in total. The van der Waals surface area contributed by atoms with Crippen molar-refractivity contribution in [1.82, 2.24) is 10.3 Å². The van der Waals surface area contributed by atoms with E-state index in [1.54, 1.807) is 18.3 Å². The van der Waals surface area contributed by atoms with Crippen LogP contribution in [0.1, 0.15) is 24.6 Å². The van der Waals surface area contributed by atoms with E-state index in [9.17, 15) is 4.39 Å². The first-order valence-corrected chi connectivity index (χ1v) is 7.29. The summed E-state index contributed by atoms with van der Waals surface area (Å²) in [5.41, 5.74) is 1.79. The van der Waals surface area contributed by atoms with Crippen LogP contribution in [-0.4, -0.2) is 11.5 Å². The summed E-state index contributed by atoms with van der Waals surface area (Å²) in [6.45, 7) is 4.18. The van der Waals surface area contributed by atoms with Crippen LogP contribution in [0.15, 0.2) is 36.5 Å². The normalized spacial score (nSPS) is 10.6. The monoisotopic (exact) mass is 308 g/mol. The smallest absolute Gasteiger partial charge is 0.141 e. The summed E-state index contributed by atoms with van der Waals surface area (Å²) in [7, 11) is 0. The Bertz CT molecular complexity index is 575. The van der Waals surface area contributed by atoms with E-state index in [1.807, 2.05) is 12.1 Å². The summed E-state index contributed by atoms with van der Waals surface area (Å²) in [5, 5.41) is 3.39. The Morgan fingerprint density at radius 3 is 2.81 bits per heavy atom. The summed E-state index contributed by atoms with van der Waals surface area (Å²) in [4.78, 5) is 4.32. The van der Waals surface area contributed by atoms with Gasteiger partial charge in [0.2, 0.25) is 0 Å². The van der Waals surface area contributed by atoms with Gasteiger partial charge in [-0.15, -0.1) is 0 Å². The lowest BCUT2D eigenvalue weighted by Gasteiger charge is -2.08. The minimum Gasteiger partial charge on any atom is -0.487 e. The largest absolute Gasteiger partial charge is 0.487 e. The minimum atomic E-state index is -0.425. The highest BCUT2D eigenvalue weighted by atomic mass is 35.5. The topological polar surface area (TPSA) is 34.1 Å². The average molecular weight is 309 g/mol. The molecule has 0 spiro atoms. The van der Waals surface area contributed by atoms with Gasteiger partial charge in [-0.1, -0.05) is 24.6 Å². The number of aromatic nitrogens is 1. The van der Waals surface area contributed by atoms with E-state index < -0.39 is 5.82 Å². The van der Waals surface area contributed by atoms with Gasteiger partial charge in [0.25, 0.3) is 0 Å². The standard InChI is InChI=1S/C16H18ClFN2O/c1-2-7-19-9-13-4-5-14(10-20-13)21-11-12-3-6-16(18)15(17)8-12/h3-6,8,10,19H,2,7,9,11H2,1H3. The third-order valence-corrected chi connectivity index (χ3v) is 3.21. The zero-order chi connectivity index (χ0) is 15.1. The maximum absolute atomic E-state index is 13.0. The highest BCUT2D eigenvalue weighted by Crippen LogP contribution is 2.18. The van der Waals surface area contributed by atoms with Gasteiger partial charge in [-0.05, 0) is 42.8 Å². The number of hydrogen-bond donors (Lipinski definition) is 1. The molecule has 0 atom stereocenters. The molecular weight excluding hydrogens is 291 g/mol. The SMILES string of the molecule is CCCNCc1ccc(OCc2ccc(F)c(Cl)c2)cn1. The van der Waals surface area contributed by atoms with E-state index in [0.29, 0.717) is 12.4 Å². The average Bonchev–Trinajstić information content (AvgIpc) is 2.50. The molecule has 0 aliphatic rings. The van der Waals surface area contributed by atoms with Gasteiger partial charge in [-0.3, -0.25) is 4.98 Å². The lowest BCUT2D eigenvalue weighted by molar-refractivity contribution is 0.304. The van der Waals surface area contributed by atoms with Crippen LogP contribution in [0.3, 0.4) is 0 Å². The second-order valence-corrected chi connectivity index (χ2v) is 5.11. The summed E-state index contributed by atoms with van der Waals surface area (Å²) in [6.07, 6.45) is 2.79. The van der Waals surface area contributed by atoms with Gasteiger partial charge in [0.15, 0.2) is 0 Å². The summed E-state index contributed by atoms with van der Waals surface area (Å²) >= 11 is 5.73. The predicted molar refractivity (Wildman–Crippen MR) is 82.0 cm³/mol. The van der Waals surface area contributed by atoms with E-state index in [4.69, 9.17) is 16.3 Å². The van der Waals surface area contributed by atoms with Crippen molar-refractivity contribution < 1.29 is 9.13 Å². The second-order valence-electron chi connectivity index (χ2n) is 4.70. The predicted octanol–water partition coefficient (Wildman–Crippen LogP) is 3.95. The van der Waals surface area contributed by atoms with Crippen molar-refractivity contribution >= 4 is 11.6 Å². The Labute approximate surface area is 129 Å². The van der Waals surface area contributed by atoms with Crippen molar-refractivity contribution in [3.05, 3.63) is 58.6 Å². The number of rotatable bonds is 7. The fraction of sp³-hybridized carbons (Fsp3) is 0.312. The van der Waals surface area contributed by atoms with Gasteiger partial charge in [0.1, 0.15) is 18.2 Å². The molecule has 2 aromatic rings. The van der Waals surface area contributed by atoms with E-state index >= 15 is 0 Å². The molecule has 0 bridgehead atoms. The molecular formula is C16H18ClFN2O. The van der Waals surface area contributed by atoms with Crippen molar-refractivity contribution in [2.24, 2.45) is 0 Å². The van der Waals surface area contributed by atoms with Crippen LogP contribution in [-0.2, 0) is 13.2 Å². The van der Waals surface area contributed by atoms with Crippen LogP contribution in [0.2, 0.25) is 5.02 Å². The number of pyridine rings is 1. The molecule has 0 saturated heterocycles. The minimum absolute atomic E-state index is 0.103. The summed E-state index contributed by atoms with van der Waals surface area (Å²) in [5.74, 6) is 0.251. The first-order valence-electron chi connectivity index (χ1n) is 6.91. The lowest BCUT2D eigenvalue weighted by atomic mass is 10.2. The molecule has 0 unspecified atom stereocenters. The highest BCUT2D eigenvalue weighted by molar-refractivity contribution is 6.30. The van der Waals surface area contributed by atoms with Crippen LogP contribution in [0.4, 0.5) is 4.39 Å². The molecule has 0 aliphatic carbocycles. The van der Waals surface area contributed by atoms with Crippen LogP contribution in [0.5, 0.6) is 5.75 Å². The van der Waals surface area contributed by atoms with Crippen LogP contribution >= 0.6 is 11.6 Å². The number of nitrogens with one attached hydrogen (secondary N) is 1. The fourth-order valence-corrected chi connectivity index (χ4v) is 1.99. The Kier molecular flexibility index (Phi) is 5.96. The second kappa shape index (κ2) is 7.96.